The van der Waals surface area contributed by atoms with Crippen LogP contribution in [0.5, 0.6) is 17.2 Å². The van der Waals surface area contributed by atoms with Gasteiger partial charge in [-0.05, 0) is 54.8 Å². The highest BCUT2D eigenvalue weighted by atomic mass is 16.5. The molecular formula is C28H34N2O7. The third-order valence-electron chi connectivity index (χ3n) is 6.93. The Balaban J connectivity index is 1.75. The van der Waals surface area contributed by atoms with Crippen molar-refractivity contribution < 1.29 is 33.6 Å². The summed E-state index contributed by atoms with van der Waals surface area (Å²) in [6.45, 7) is 6.03. The molecule has 1 atom stereocenters. The molecule has 2 heterocycles. The molecule has 9 heteroatoms. The van der Waals surface area contributed by atoms with Gasteiger partial charge in [0.05, 0.1) is 46.2 Å². The van der Waals surface area contributed by atoms with Crippen molar-refractivity contribution in [1.29, 1.82) is 0 Å². The van der Waals surface area contributed by atoms with Crippen molar-refractivity contribution in [2.75, 3.05) is 60.7 Å². The van der Waals surface area contributed by atoms with Gasteiger partial charge in [-0.2, -0.15) is 0 Å². The van der Waals surface area contributed by atoms with Crippen molar-refractivity contribution in [3.8, 4) is 17.2 Å². The summed E-state index contributed by atoms with van der Waals surface area (Å²) in [5, 5.41) is 11.4. The molecule has 0 bridgehead atoms. The number of ketones is 1. The van der Waals surface area contributed by atoms with Crippen LogP contribution in [0.2, 0.25) is 0 Å². The van der Waals surface area contributed by atoms with Gasteiger partial charge in [-0.25, -0.2) is 0 Å². The van der Waals surface area contributed by atoms with Crippen molar-refractivity contribution in [3.63, 3.8) is 0 Å². The molecule has 0 saturated carbocycles. The monoisotopic (exact) mass is 510 g/mol. The summed E-state index contributed by atoms with van der Waals surface area (Å²) >= 11 is 0. The van der Waals surface area contributed by atoms with Gasteiger partial charge in [0.1, 0.15) is 11.5 Å². The number of hydrogen-bond donors (Lipinski definition) is 1. The lowest BCUT2D eigenvalue weighted by Gasteiger charge is -2.29. The molecule has 198 valence electrons. The lowest BCUT2D eigenvalue weighted by Crippen LogP contribution is -2.39. The molecule has 37 heavy (non-hydrogen) atoms. The fraction of sp³-hybridized carbons (Fsp3) is 0.429. The highest BCUT2D eigenvalue weighted by Crippen LogP contribution is 2.42. The Labute approximate surface area is 217 Å². The number of ether oxygens (including phenoxy) is 4. The van der Waals surface area contributed by atoms with Gasteiger partial charge >= 0.3 is 0 Å². The van der Waals surface area contributed by atoms with E-state index >= 15 is 0 Å². The second-order valence-electron chi connectivity index (χ2n) is 9.10. The van der Waals surface area contributed by atoms with Crippen LogP contribution in [-0.4, -0.2) is 87.3 Å². The van der Waals surface area contributed by atoms with E-state index in [-0.39, 0.29) is 11.3 Å². The van der Waals surface area contributed by atoms with Gasteiger partial charge in [-0.3, -0.25) is 14.5 Å². The first-order valence-corrected chi connectivity index (χ1v) is 12.3. The second kappa shape index (κ2) is 11.7. The maximum absolute atomic E-state index is 13.4. The number of hydrogen-bond acceptors (Lipinski definition) is 8. The number of likely N-dealkylation sites (tertiary alicyclic amines) is 1. The van der Waals surface area contributed by atoms with Crippen LogP contribution >= 0.6 is 0 Å². The van der Waals surface area contributed by atoms with Crippen molar-refractivity contribution in [2.45, 2.75) is 19.4 Å². The molecule has 2 saturated heterocycles. The molecule has 0 spiro atoms. The predicted molar refractivity (Wildman–Crippen MR) is 138 cm³/mol. The van der Waals surface area contributed by atoms with Crippen LogP contribution in [0.25, 0.3) is 5.76 Å². The van der Waals surface area contributed by atoms with E-state index in [1.165, 1.54) is 7.11 Å². The number of nitrogens with zero attached hydrogens (tertiary/aromatic N) is 2. The van der Waals surface area contributed by atoms with Gasteiger partial charge in [-0.1, -0.05) is 6.07 Å². The summed E-state index contributed by atoms with van der Waals surface area (Å²) in [4.78, 5) is 30.5. The lowest BCUT2D eigenvalue weighted by molar-refractivity contribution is -0.140. The van der Waals surface area contributed by atoms with Crippen molar-refractivity contribution in [2.24, 2.45) is 0 Å². The Morgan fingerprint density at radius 1 is 0.973 bits per heavy atom. The number of morpholine rings is 1. The van der Waals surface area contributed by atoms with E-state index in [2.05, 4.69) is 4.90 Å². The summed E-state index contributed by atoms with van der Waals surface area (Å²) in [5.74, 6) is 0.0809. The molecule has 9 nitrogen and oxygen atoms in total. The molecule has 2 aliphatic rings. The van der Waals surface area contributed by atoms with Crippen molar-refractivity contribution in [1.82, 2.24) is 9.80 Å². The zero-order valence-corrected chi connectivity index (χ0v) is 21.8. The number of Topliss-reactive ketones (excluding diaryl/α,β-unsaturated/α-hetero) is 1. The summed E-state index contributed by atoms with van der Waals surface area (Å²) < 4.78 is 21.6. The second-order valence-corrected chi connectivity index (χ2v) is 9.10. The van der Waals surface area contributed by atoms with E-state index in [1.54, 1.807) is 55.5 Å². The maximum Gasteiger partial charge on any atom is 0.295 e. The molecule has 2 aromatic carbocycles. The van der Waals surface area contributed by atoms with Crippen LogP contribution in [0.15, 0.2) is 42.0 Å². The molecule has 2 aromatic rings. The quantitative estimate of drug-likeness (QED) is 0.312. The summed E-state index contributed by atoms with van der Waals surface area (Å²) in [6.07, 6.45) is 0.679. The Morgan fingerprint density at radius 3 is 2.35 bits per heavy atom. The fourth-order valence-corrected chi connectivity index (χ4v) is 4.94. The van der Waals surface area contributed by atoms with Crippen LogP contribution in [0.4, 0.5) is 0 Å². The smallest absolute Gasteiger partial charge is 0.295 e. The van der Waals surface area contributed by atoms with Crippen LogP contribution in [0, 0.1) is 6.92 Å². The number of amides is 1. The number of aliphatic hydroxyl groups excluding tert-OH is 1. The first kappa shape index (κ1) is 26.5. The molecule has 0 aliphatic carbocycles. The number of benzene rings is 2. The zero-order chi connectivity index (χ0) is 26.5. The Bertz CT molecular complexity index is 1190. The first-order valence-electron chi connectivity index (χ1n) is 12.3. The van der Waals surface area contributed by atoms with E-state index in [1.807, 2.05) is 6.92 Å². The number of methoxy groups -OCH3 is 3. The third-order valence-corrected chi connectivity index (χ3v) is 6.93. The Kier molecular flexibility index (Phi) is 8.35. The highest BCUT2D eigenvalue weighted by Gasteiger charge is 2.46. The summed E-state index contributed by atoms with van der Waals surface area (Å²) in [7, 11) is 4.64. The van der Waals surface area contributed by atoms with Crippen molar-refractivity contribution in [3.05, 3.63) is 58.7 Å². The van der Waals surface area contributed by atoms with Gasteiger partial charge in [0.15, 0.2) is 11.5 Å². The number of aliphatic hydroxyl groups is 1. The molecule has 0 radical (unpaired) electrons. The van der Waals surface area contributed by atoms with Gasteiger partial charge in [0.2, 0.25) is 0 Å². The summed E-state index contributed by atoms with van der Waals surface area (Å²) in [6, 6.07) is 9.69. The number of carbonyl (C=O) groups excluding carboxylic acids is 2. The van der Waals surface area contributed by atoms with Crippen LogP contribution < -0.4 is 14.2 Å². The molecule has 0 unspecified atom stereocenters. The van der Waals surface area contributed by atoms with Gasteiger partial charge in [0, 0.05) is 31.7 Å². The molecule has 1 amide bonds. The normalized spacial score (nSPS) is 19.8. The van der Waals surface area contributed by atoms with Crippen LogP contribution in [0.1, 0.15) is 29.2 Å². The average molecular weight is 511 g/mol. The standard InChI is InChI=1S/C28H34N2O7/c1-18-16-20(34-2)7-8-21(18)26(31)24-25(19-6-9-22(35-3)23(17-19)36-4)30(28(33)27(24)32)11-5-10-29-12-14-37-15-13-29/h6-9,16-17,25,31H,5,10-15H2,1-4H3/b26-24+/t25-/m1/s1. The number of rotatable bonds is 9. The molecule has 0 aromatic heterocycles. The molecular weight excluding hydrogens is 476 g/mol. The molecule has 2 fully saturated rings. The van der Waals surface area contributed by atoms with E-state index in [0.717, 1.165) is 25.2 Å². The van der Waals surface area contributed by atoms with Gasteiger partial charge in [-0.15, -0.1) is 0 Å². The Morgan fingerprint density at radius 2 is 1.70 bits per heavy atom. The van der Waals surface area contributed by atoms with E-state index in [0.29, 0.717) is 54.6 Å². The minimum atomic E-state index is -0.772. The summed E-state index contributed by atoms with van der Waals surface area (Å²) in [5.41, 5.74) is 1.90. The largest absolute Gasteiger partial charge is 0.507 e. The minimum Gasteiger partial charge on any atom is -0.507 e. The van der Waals surface area contributed by atoms with Crippen LogP contribution in [-0.2, 0) is 14.3 Å². The van der Waals surface area contributed by atoms with E-state index < -0.39 is 17.7 Å². The minimum absolute atomic E-state index is 0.0526. The molecule has 1 N–H and O–H groups in total. The number of aryl methyl sites for hydroxylation is 1. The van der Waals surface area contributed by atoms with E-state index in [9.17, 15) is 14.7 Å². The van der Waals surface area contributed by atoms with Gasteiger partial charge in [0.25, 0.3) is 11.7 Å². The topological polar surface area (TPSA) is 97.8 Å². The van der Waals surface area contributed by atoms with Gasteiger partial charge < -0.3 is 29.0 Å². The number of carbonyl (C=O) groups is 2. The van der Waals surface area contributed by atoms with Crippen LogP contribution in [0.3, 0.4) is 0 Å². The van der Waals surface area contributed by atoms with Crippen molar-refractivity contribution >= 4 is 17.4 Å². The predicted octanol–water partition coefficient (Wildman–Crippen LogP) is 3.16. The van der Waals surface area contributed by atoms with E-state index in [4.69, 9.17) is 18.9 Å². The Hall–Kier alpha value is -3.56. The fourth-order valence-electron chi connectivity index (χ4n) is 4.94. The lowest BCUT2D eigenvalue weighted by atomic mass is 9.93. The maximum atomic E-state index is 13.4. The SMILES string of the molecule is COc1ccc(/C(O)=C2\C(=O)C(=O)N(CCCN3CCOCC3)[C@@H]2c2ccc(OC)c(OC)c2)c(C)c1. The molecule has 2 aliphatic heterocycles. The zero-order valence-electron chi connectivity index (χ0n) is 21.8. The third kappa shape index (κ3) is 5.42. The first-order chi connectivity index (χ1) is 17.9. The molecule has 4 rings (SSSR count). The highest BCUT2D eigenvalue weighted by molar-refractivity contribution is 6.46. The average Bonchev–Trinajstić information content (AvgIpc) is 3.17.